The molecule has 0 amide bonds. The van der Waals surface area contributed by atoms with E-state index in [4.69, 9.17) is 9.47 Å². The van der Waals surface area contributed by atoms with E-state index in [0.717, 1.165) is 47.0 Å². The normalized spacial score (nSPS) is 15.0. The standard InChI is InChI=1S/C22H25BrN2O4S/c1-28-15-16-14-25(20-12-17(23)6-8-19(16)20)30(26,27)18-7-9-22(29-2)21(13-18)24-10-4-3-5-11-24/h6-9,12-14H,3-5,10-11,15H2,1-2H3. The predicted octanol–water partition coefficient (Wildman–Crippen LogP) is 4.79. The fourth-order valence-corrected chi connectivity index (χ4v) is 5.79. The van der Waals surface area contributed by atoms with Gasteiger partial charge in [0.25, 0.3) is 10.0 Å². The Morgan fingerprint density at radius 2 is 1.80 bits per heavy atom. The summed E-state index contributed by atoms with van der Waals surface area (Å²) < 4.78 is 40.3. The number of piperidine rings is 1. The van der Waals surface area contributed by atoms with Gasteiger partial charge in [0.2, 0.25) is 0 Å². The van der Waals surface area contributed by atoms with E-state index >= 15 is 0 Å². The summed E-state index contributed by atoms with van der Waals surface area (Å²) in [5.74, 6) is 0.691. The van der Waals surface area contributed by atoms with Crippen LogP contribution < -0.4 is 9.64 Å². The second kappa shape index (κ2) is 8.61. The number of halogens is 1. The zero-order chi connectivity index (χ0) is 21.3. The van der Waals surface area contributed by atoms with Crippen molar-refractivity contribution in [2.45, 2.75) is 30.8 Å². The molecule has 30 heavy (non-hydrogen) atoms. The van der Waals surface area contributed by atoms with Gasteiger partial charge in [-0.2, -0.15) is 0 Å². The van der Waals surface area contributed by atoms with Crippen LogP contribution in [0.15, 0.2) is 52.0 Å². The monoisotopic (exact) mass is 492 g/mol. The first-order valence-corrected chi connectivity index (χ1v) is 12.2. The van der Waals surface area contributed by atoms with E-state index in [2.05, 4.69) is 20.8 Å². The zero-order valence-corrected chi connectivity index (χ0v) is 19.5. The Kier molecular flexibility index (Phi) is 6.09. The lowest BCUT2D eigenvalue weighted by atomic mass is 10.1. The first kappa shape index (κ1) is 21.2. The minimum absolute atomic E-state index is 0.240. The van der Waals surface area contributed by atoms with Gasteiger partial charge in [-0.3, -0.25) is 0 Å². The lowest BCUT2D eigenvalue weighted by Crippen LogP contribution is -2.30. The molecular weight excluding hydrogens is 468 g/mol. The molecule has 0 radical (unpaired) electrons. The highest BCUT2D eigenvalue weighted by molar-refractivity contribution is 9.10. The molecule has 0 unspecified atom stereocenters. The van der Waals surface area contributed by atoms with Crippen LogP contribution in [0.1, 0.15) is 24.8 Å². The van der Waals surface area contributed by atoms with Crippen molar-refractivity contribution >= 4 is 42.5 Å². The number of aromatic nitrogens is 1. The summed E-state index contributed by atoms with van der Waals surface area (Å²) in [4.78, 5) is 2.45. The van der Waals surface area contributed by atoms with Crippen molar-refractivity contribution in [2.75, 3.05) is 32.2 Å². The van der Waals surface area contributed by atoms with E-state index in [1.807, 2.05) is 18.2 Å². The quantitative estimate of drug-likeness (QED) is 0.495. The van der Waals surface area contributed by atoms with Crippen LogP contribution in [-0.2, 0) is 21.4 Å². The molecule has 1 aliphatic heterocycles. The van der Waals surface area contributed by atoms with Gasteiger partial charge in [0.1, 0.15) is 5.75 Å². The van der Waals surface area contributed by atoms with Gasteiger partial charge in [-0.05, 0) is 49.6 Å². The van der Waals surface area contributed by atoms with E-state index < -0.39 is 10.0 Å². The molecule has 0 saturated carbocycles. The summed E-state index contributed by atoms with van der Waals surface area (Å²) in [5.41, 5.74) is 2.27. The summed E-state index contributed by atoms with van der Waals surface area (Å²) in [6, 6.07) is 10.7. The second-order valence-electron chi connectivity index (χ2n) is 7.43. The number of fused-ring (bicyclic) bond motifs is 1. The summed E-state index contributed by atoms with van der Waals surface area (Å²) in [7, 11) is -0.590. The Labute approximate surface area is 185 Å². The number of anilines is 1. The third kappa shape index (κ3) is 3.84. The van der Waals surface area contributed by atoms with Crippen molar-refractivity contribution in [1.29, 1.82) is 0 Å². The molecule has 0 atom stereocenters. The van der Waals surface area contributed by atoms with E-state index in [0.29, 0.717) is 17.9 Å². The lowest BCUT2D eigenvalue weighted by molar-refractivity contribution is 0.186. The Hall–Kier alpha value is -2.03. The van der Waals surface area contributed by atoms with E-state index in [1.54, 1.807) is 38.6 Å². The zero-order valence-electron chi connectivity index (χ0n) is 17.1. The molecule has 4 rings (SSSR count). The highest BCUT2D eigenvalue weighted by Gasteiger charge is 2.24. The molecular formula is C22H25BrN2O4S. The highest BCUT2D eigenvalue weighted by atomic mass is 79.9. The SMILES string of the molecule is COCc1cn(S(=O)(=O)c2ccc(OC)c(N3CCCCC3)c2)c2cc(Br)ccc12. The molecule has 0 bridgehead atoms. The molecule has 1 aromatic heterocycles. The van der Waals surface area contributed by atoms with Crippen LogP contribution in [0.2, 0.25) is 0 Å². The molecule has 6 nitrogen and oxygen atoms in total. The number of ether oxygens (including phenoxy) is 2. The number of nitrogens with zero attached hydrogens (tertiary/aromatic N) is 2. The van der Waals surface area contributed by atoms with E-state index in [-0.39, 0.29) is 4.90 Å². The molecule has 2 aromatic carbocycles. The number of hydrogen-bond donors (Lipinski definition) is 0. The molecule has 2 heterocycles. The lowest BCUT2D eigenvalue weighted by Gasteiger charge is -2.30. The number of benzene rings is 2. The Morgan fingerprint density at radius 3 is 2.50 bits per heavy atom. The van der Waals surface area contributed by atoms with Crippen molar-refractivity contribution in [3.63, 3.8) is 0 Å². The van der Waals surface area contributed by atoms with Crippen LogP contribution in [0.4, 0.5) is 5.69 Å². The molecule has 1 saturated heterocycles. The number of rotatable bonds is 6. The highest BCUT2D eigenvalue weighted by Crippen LogP contribution is 2.35. The third-order valence-electron chi connectivity index (χ3n) is 5.52. The molecule has 8 heteroatoms. The molecule has 160 valence electrons. The van der Waals surface area contributed by atoms with Crippen molar-refractivity contribution in [3.8, 4) is 5.75 Å². The maximum absolute atomic E-state index is 13.7. The van der Waals surface area contributed by atoms with Crippen LogP contribution in [-0.4, -0.2) is 39.7 Å². The minimum atomic E-state index is -3.81. The van der Waals surface area contributed by atoms with Crippen molar-refractivity contribution in [1.82, 2.24) is 3.97 Å². The molecule has 3 aromatic rings. The average Bonchev–Trinajstić information content (AvgIpc) is 3.12. The average molecular weight is 493 g/mol. The molecule has 0 N–H and O–H groups in total. The number of hydrogen-bond acceptors (Lipinski definition) is 5. The largest absolute Gasteiger partial charge is 0.495 e. The van der Waals surface area contributed by atoms with Crippen molar-refractivity contribution < 1.29 is 17.9 Å². The van der Waals surface area contributed by atoms with Gasteiger partial charge in [-0.15, -0.1) is 0 Å². The van der Waals surface area contributed by atoms with E-state index in [1.165, 1.54) is 10.4 Å². The van der Waals surface area contributed by atoms with Gasteiger partial charge in [-0.25, -0.2) is 12.4 Å². The molecule has 1 fully saturated rings. The van der Waals surface area contributed by atoms with E-state index in [9.17, 15) is 8.42 Å². The van der Waals surface area contributed by atoms with Crippen LogP contribution in [0, 0.1) is 0 Å². The fourth-order valence-electron chi connectivity index (χ4n) is 4.03. The van der Waals surface area contributed by atoms with Gasteiger partial charge < -0.3 is 14.4 Å². The first-order valence-electron chi connectivity index (χ1n) is 9.92. The molecule has 0 spiro atoms. The van der Waals surface area contributed by atoms with Crippen LogP contribution in [0.25, 0.3) is 10.9 Å². The minimum Gasteiger partial charge on any atom is -0.495 e. The second-order valence-corrected chi connectivity index (χ2v) is 10.2. The van der Waals surface area contributed by atoms with Crippen LogP contribution in [0.3, 0.4) is 0 Å². The topological polar surface area (TPSA) is 60.8 Å². The van der Waals surface area contributed by atoms with Gasteiger partial charge in [0.05, 0.1) is 29.8 Å². The Morgan fingerprint density at radius 1 is 1.03 bits per heavy atom. The molecule has 1 aliphatic rings. The smallest absolute Gasteiger partial charge is 0.268 e. The summed E-state index contributed by atoms with van der Waals surface area (Å²) in [6.45, 7) is 2.14. The van der Waals surface area contributed by atoms with Gasteiger partial charge in [0, 0.05) is 41.8 Å². The van der Waals surface area contributed by atoms with Crippen molar-refractivity contribution in [3.05, 3.63) is 52.6 Å². The third-order valence-corrected chi connectivity index (χ3v) is 7.68. The Bertz CT molecular complexity index is 1170. The van der Waals surface area contributed by atoms with Crippen LogP contribution in [0.5, 0.6) is 5.75 Å². The number of methoxy groups -OCH3 is 2. The van der Waals surface area contributed by atoms with Crippen LogP contribution >= 0.6 is 15.9 Å². The maximum Gasteiger partial charge on any atom is 0.268 e. The van der Waals surface area contributed by atoms with Crippen molar-refractivity contribution in [2.24, 2.45) is 0 Å². The van der Waals surface area contributed by atoms with Gasteiger partial charge in [0.15, 0.2) is 0 Å². The predicted molar refractivity (Wildman–Crippen MR) is 122 cm³/mol. The fraction of sp³-hybridized carbons (Fsp3) is 0.364. The summed E-state index contributed by atoms with van der Waals surface area (Å²) >= 11 is 3.46. The Balaban J connectivity index is 1.85. The molecule has 0 aliphatic carbocycles. The first-order chi connectivity index (χ1) is 14.5. The van der Waals surface area contributed by atoms with Gasteiger partial charge in [-0.1, -0.05) is 22.0 Å². The van der Waals surface area contributed by atoms with Gasteiger partial charge >= 0.3 is 0 Å². The maximum atomic E-state index is 13.7. The summed E-state index contributed by atoms with van der Waals surface area (Å²) in [5, 5.41) is 0.855. The summed E-state index contributed by atoms with van der Waals surface area (Å²) in [6.07, 6.45) is 5.04.